The Labute approximate surface area is 158 Å². The average Bonchev–Trinajstić information content (AvgIpc) is 3.02. The molecule has 0 aliphatic heterocycles. The van der Waals surface area contributed by atoms with Gasteiger partial charge in [0.15, 0.2) is 11.5 Å². The number of rotatable bonds is 2. The van der Waals surface area contributed by atoms with Crippen LogP contribution in [0, 0.1) is 0 Å². The van der Waals surface area contributed by atoms with E-state index in [2.05, 4.69) is 60.7 Å². The highest BCUT2D eigenvalue weighted by Gasteiger charge is 2.45. The van der Waals surface area contributed by atoms with E-state index in [0.717, 1.165) is 11.1 Å². The highest BCUT2D eigenvalue weighted by molar-refractivity contribution is 5.86. The van der Waals surface area contributed by atoms with Gasteiger partial charge in [-0.15, -0.1) is 0 Å². The number of phenols is 2. The largest absolute Gasteiger partial charge is 0.504 e. The van der Waals surface area contributed by atoms with Crippen molar-refractivity contribution in [2.45, 2.75) is 5.41 Å². The van der Waals surface area contributed by atoms with E-state index in [1.165, 1.54) is 22.3 Å². The van der Waals surface area contributed by atoms with Crippen LogP contribution in [-0.2, 0) is 5.41 Å². The summed E-state index contributed by atoms with van der Waals surface area (Å²) in [4.78, 5) is 0. The van der Waals surface area contributed by atoms with Gasteiger partial charge in [-0.2, -0.15) is 0 Å². The Bertz CT molecular complexity index is 1100. The summed E-state index contributed by atoms with van der Waals surface area (Å²) in [7, 11) is 0. The van der Waals surface area contributed by atoms with Crippen LogP contribution in [0.25, 0.3) is 11.1 Å². The van der Waals surface area contributed by atoms with E-state index in [0.29, 0.717) is 0 Å². The average molecular weight is 350 g/mol. The van der Waals surface area contributed by atoms with Gasteiger partial charge in [0.1, 0.15) is 0 Å². The predicted octanol–water partition coefficient (Wildman–Crippen LogP) is 5.46. The Morgan fingerprint density at radius 1 is 0.481 bits per heavy atom. The second-order valence-electron chi connectivity index (χ2n) is 6.91. The van der Waals surface area contributed by atoms with Crippen LogP contribution in [0.15, 0.2) is 97.1 Å². The van der Waals surface area contributed by atoms with Gasteiger partial charge in [-0.05, 0) is 45.5 Å². The molecule has 130 valence electrons. The highest BCUT2D eigenvalue weighted by atomic mass is 16.3. The smallest absolute Gasteiger partial charge is 0.157 e. The molecule has 0 atom stereocenters. The van der Waals surface area contributed by atoms with E-state index in [1.54, 1.807) is 12.1 Å². The highest BCUT2D eigenvalue weighted by Crippen LogP contribution is 2.56. The molecule has 0 heterocycles. The maximum Gasteiger partial charge on any atom is 0.157 e. The fraction of sp³-hybridized carbons (Fsp3) is 0.0400. The number of phenolic OH excluding ortho intramolecular Hbond substituents is 2. The standard InChI is InChI=1S/C25H18O2/c26-23-15-14-18(16-24(23)27)25(17-8-2-1-3-9-17)21-12-6-4-10-19(21)20-11-5-7-13-22(20)25/h1-16,26-27H. The van der Waals surface area contributed by atoms with Crippen molar-refractivity contribution in [3.8, 4) is 22.6 Å². The molecule has 0 unspecified atom stereocenters. The fourth-order valence-corrected chi connectivity index (χ4v) is 4.47. The van der Waals surface area contributed by atoms with Crippen LogP contribution in [0.1, 0.15) is 22.3 Å². The zero-order valence-corrected chi connectivity index (χ0v) is 14.6. The number of fused-ring (bicyclic) bond motifs is 3. The molecule has 0 saturated carbocycles. The van der Waals surface area contributed by atoms with Gasteiger partial charge in [-0.25, -0.2) is 0 Å². The second-order valence-corrected chi connectivity index (χ2v) is 6.91. The minimum Gasteiger partial charge on any atom is -0.504 e. The van der Waals surface area contributed by atoms with Crippen molar-refractivity contribution in [2.24, 2.45) is 0 Å². The van der Waals surface area contributed by atoms with Gasteiger partial charge in [-0.1, -0.05) is 84.9 Å². The molecule has 0 radical (unpaired) electrons. The zero-order valence-electron chi connectivity index (χ0n) is 14.6. The van der Waals surface area contributed by atoms with E-state index in [-0.39, 0.29) is 11.5 Å². The predicted molar refractivity (Wildman–Crippen MR) is 107 cm³/mol. The summed E-state index contributed by atoms with van der Waals surface area (Å²) in [5.41, 5.74) is 6.28. The molecular weight excluding hydrogens is 332 g/mol. The van der Waals surface area contributed by atoms with Crippen LogP contribution in [-0.4, -0.2) is 10.2 Å². The van der Waals surface area contributed by atoms with Gasteiger partial charge in [0.25, 0.3) is 0 Å². The zero-order chi connectivity index (χ0) is 18.4. The third-order valence-corrected chi connectivity index (χ3v) is 5.57. The number of aromatic hydroxyl groups is 2. The van der Waals surface area contributed by atoms with Crippen LogP contribution in [0.3, 0.4) is 0 Å². The van der Waals surface area contributed by atoms with E-state index in [9.17, 15) is 10.2 Å². The summed E-state index contributed by atoms with van der Waals surface area (Å²) in [6.45, 7) is 0. The van der Waals surface area contributed by atoms with Crippen molar-refractivity contribution in [3.05, 3.63) is 119 Å². The summed E-state index contributed by atoms with van der Waals surface area (Å²) >= 11 is 0. The molecule has 0 amide bonds. The number of hydrogen-bond acceptors (Lipinski definition) is 2. The lowest BCUT2D eigenvalue weighted by Gasteiger charge is -2.33. The molecule has 2 nitrogen and oxygen atoms in total. The summed E-state index contributed by atoms with van der Waals surface area (Å²) in [6.07, 6.45) is 0. The molecule has 4 aromatic rings. The molecule has 0 saturated heterocycles. The first kappa shape index (κ1) is 15.7. The Kier molecular flexibility index (Phi) is 3.34. The first-order chi connectivity index (χ1) is 13.2. The molecule has 1 aliphatic carbocycles. The molecule has 2 heteroatoms. The molecule has 4 aromatic carbocycles. The Morgan fingerprint density at radius 2 is 1.04 bits per heavy atom. The fourth-order valence-electron chi connectivity index (χ4n) is 4.47. The minimum atomic E-state index is -0.542. The normalized spacial score (nSPS) is 13.8. The van der Waals surface area contributed by atoms with Gasteiger partial charge in [0.2, 0.25) is 0 Å². The maximum absolute atomic E-state index is 10.3. The van der Waals surface area contributed by atoms with Crippen LogP contribution in [0.4, 0.5) is 0 Å². The Hall–Kier alpha value is -3.52. The third kappa shape index (κ3) is 2.07. The summed E-state index contributed by atoms with van der Waals surface area (Å²) in [6, 6.07) is 32.4. The monoisotopic (exact) mass is 350 g/mol. The SMILES string of the molecule is Oc1ccc(C2(c3ccccc3)c3ccccc3-c3ccccc32)cc1O. The molecule has 27 heavy (non-hydrogen) atoms. The van der Waals surface area contributed by atoms with Crippen LogP contribution < -0.4 is 0 Å². The maximum atomic E-state index is 10.3. The van der Waals surface area contributed by atoms with Crippen molar-refractivity contribution in [1.29, 1.82) is 0 Å². The van der Waals surface area contributed by atoms with Crippen molar-refractivity contribution < 1.29 is 10.2 Å². The van der Waals surface area contributed by atoms with Gasteiger partial charge in [0.05, 0.1) is 5.41 Å². The first-order valence-electron chi connectivity index (χ1n) is 9.00. The van der Waals surface area contributed by atoms with E-state index >= 15 is 0 Å². The van der Waals surface area contributed by atoms with Crippen LogP contribution >= 0.6 is 0 Å². The third-order valence-electron chi connectivity index (χ3n) is 5.57. The molecule has 0 aromatic heterocycles. The molecule has 0 bridgehead atoms. The molecule has 5 rings (SSSR count). The van der Waals surface area contributed by atoms with E-state index in [1.807, 2.05) is 24.3 Å². The van der Waals surface area contributed by atoms with E-state index in [4.69, 9.17) is 0 Å². The summed E-state index contributed by atoms with van der Waals surface area (Å²) < 4.78 is 0. The second kappa shape index (κ2) is 5.75. The van der Waals surface area contributed by atoms with E-state index < -0.39 is 5.41 Å². The van der Waals surface area contributed by atoms with Crippen molar-refractivity contribution in [3.63, 3.8) is 0 Å². The Morgan fingerprint density at radius 3 is 1.63 bits per heavy atom. The first-order valence-corrected chi connectivity index (χ1v) is 9.00. The van der Waals surface area contributed by atoms with Gasteiger partial charge >= 0.3 is 0 Å². The molecule has 1 aliphatic rings. The van der Waals surface area contributed by atoms with Gasteiger partial charge in [-0.3, -0.25) is 0 Å². The molecule has 0 fully saturated rings. The van der Waals surface area contributed by atoms with Crippen molar-refractivity contribution >= 4 is 0 Å². The summed E-state index contributed by atoms with van der Waals surface area (Å²) in [5.74, 6) is -0.216. The van der Waals surface area contributed by atoms with Crippen LogP contribution in [0.5, 0.6) is 11.5 Å². The van der Waals surface area contributed by atoms with Crippen LogP contribution in [0.2, 0.25) is 0 Å². The molecule has 0 spiro atoms. The Balaban J connectivity index is 1.97. The quantitative estimate of drug-likeness (QED) is 0.415. The van der Waals surface area contributed by atoms with Crippen molar-refractivity contribution in [2.75, 3.05) is 0 Å². The lowest BCUT2D eigenvalue weighted by Crippen LogP contribution is -2.28. The van der Waals surface area contributed by atoms with Gasteiger partial charge in [0, 0.05) is 0 Å². The number of benzene rings is 4. The lowest BCUT2D eigenvalue weighted by atomic mass is 9.67. The lowest BCUT2D eigenvalue weighted by molar-refractivity contribution is 0.402. The topological polar surface area (TPSA) is 40.5 Å². The molecular formula is C25H18O2. The molecule has 2 N–H and O–H groups in total. The van der Waals surface area contributed by atoms with Gasteiger partial charge < -0.3 is 10.2 Å². The van der Waals surface area contributed by atoms with Crippen molar-refractivity contribution in [1.82, 2.24) is 0 Å². The summed E-state index contributed by atoms with van der Waals surface area (Å²) in [5, 5.41) is 20.1. The minimum absolute atomic E-state index is 0.107. The number of hydrogen-bond donors (Lipinski definition) is 2.